The van der Waals surface area contributed by atoms with Crippen molar-refractivity contribution in [2.24, 2.45) is 5.92 Å². The number of fused-ring (bicyclic) bond motifs is 1. The maximum Gasteiger partial charge on any atom is 0.213 e. The Morgan fingerprint density at radius 1 is 1.00 bits per heavy atom. The smallest absolute Gasteiger partial charge is 0.213 e. The number of nitrogens with one attached hydrogen (secondary N) is 1. The minimum absolute atomic E-state index is 0.270. The fraction of sp³-hybridized carbons (Fsp3) is 0.320. The largest absolute Gasteiger partial charge is 0.474 e. The number of H-pyrrole nitrogens is 1. The number of benzene rings is 1. The van der Waals surface area contributed by atoms with Gasteiger partial charge in [0.05, 0.1) is 16.7 Å². The van der Waals surface area contributed by atoms with E-state index in [2.05, 4.69) is 26.9 Å². The third-order valence-corrected chi connectivity index (χ3v) is 6.09. The molecule has 0 amide bonds. The van der Waals surface area contributed by atoms with Crippen molar-refractivity contribution in [3.63, 3.8) is 0 Å². The van der Waals surface area contributed by atoms with E-state index in [-0.39, 0.29) is 11.9 Å². The van der Waals surface area contributed by atoms with Crippen LogP contribution in [0.2, 0.25) is 0 Å². The molecule has 3 aromatic heterocycles. The zero-order valence-electron chi connectivity index (χ0n) is 17.7. The van der Waals surface area contributed by atoms with Crippen LogP contribution in [0.25, 0.3) is 33.7 Å². The van der Waals surface area contributed by atoms with Crippen LogP contribution in [0.3, 0.4) is 0 Å². The standard InChI is InChI=1S/C25H25FN4O/c1-15-3-7-19(8-4-15)31-24-10-5-17(13-28-24)22-11-16(2)20(14-27-22)25-29-21-9-6-18(26)12-23(21)30-25/h5-6,9-15,19H,3-4,7-8H2,1-2H3,(H,29,30). The lowest BCUT2D eigenvalue weighted by Crippen LogP contribution is -2.23. The molecule has 3 heterocycles. The van der Waals surface area contributed by atoms with E-state index in [1.807, 2.05) is 31.3 Å². The monoisotopic (exact) mass is 416 g/mol. The Labute approximate surface area is 180 Å². The summed E-state index contributed by atoms with van der Waals surface area (Å²) in [5.41, 5.74) is 5.10. The first-order valence-electron chi connectivity index (χ1n) is 10.8. The van der Waals surface area contributed by atoms with Crippen molar-refractivity contribution in [3.8, 4) is 28.5 Å². The van der Waals surface area contributed by atoms with Crippen molar-refractivity contribution in [1.82, 2.24) is 19.9 Å². The van der Waals surface area contributed by atoms with Gasteiger partial charge in [0.2, 0.25) is 5.88 Å². The van der Waals surface area contributed by atoms with E-state index in [9.17, 15) is 4.39 Å². The van der Waals surface area contributed by atoms with Crippen LogP contribution in [0.1, 0.15) is 38.2 Å². The van der Waals surface area contributed by atoms with Gasteiger partial charge in [-0.25, -0.2) is 14.4 Å². The maximum atomic E-state index is 13.5. The number of aryl methyl sites for hydroxylation is 1. The molecule has 5 nitrogen and oxygen atoms in total. The van der Waals surface area contributed by atoms with Gasteiger partial charge in [-0.1, -0.05) is 6.92 Å². The third-order valence-electron chi connectivity index (χ3n) is 6.09. The molecule has 0 saturated heterocycles. The summed E-state index contributed by atoms with van der Waals surface area (Å²) in [5.74, 6) is 1.87. The molecule has 0 radical (unpaired) electrons. The van der Waals surface area contributed by atoms with E-state index in [4.69, 9.17) is 4.74 Å². The van der Waals surface area contributed by atoms with Crippen molar-refractivity contribution < 1.29 is 9.13 Å². The minimum Gasteiger partial charge on any atom is -0.474 e. The number of halogens is 1. The minimum atomic E-state index is -0.286. The van der Waals surface area contributed by atoms with Gasteiger partial charge in [0.25, 0.3) is 0 Å². The number of pyridine rings is 2. The normalized spacial score (nSPS) is 18.9. The van der Waals surface area contributed by atoms with Crippen molar-refractivity contribution in [1.29, 1.82) is 0 Å². The second kappa shape index (κ2) is 8.10. The summed E-state index contributed by atoms with van der Waals surface area (Å²) in [4.78, 5) is 16.9. The Kier molecular flexibility index (Phi) is 5.14. The number of hydrogen-bond acceptors (Lipinski definition) is 4. The van der Waals surface area contributed by atoms with Crippen LogP contribution in [-0.2, 0) is 0 Å². The first-order chi connectivity index (χ1) is 15.0. The highest BCUT2D eigenvalue weighted by molar-refractivity contribution is 5.80. The van der Waals surface area contributed by atoms with Gasteiger partial charge in [0.15, 0.2) is 0 Å². The highest BCUT2D eigenvalue weighted by Gasteiger charge is 2.20. The lowest BCUT2D eigenvalue weighted by atomic mass is 9.89. The molecule has 31 heavy (non-hydrogen) atoms. The summed E-state index contributed by atoms with van der Waals surface area (Å²) in [6.07, 6.45) is 8.52. The van der Waals surface area contributed by atoms with Crippen LogP contribution in [0.4, 0.5) is 4.39 Å². The first kappa shape index (κ1) is 19.7. The summed E-state index contributed by atoms with van der Waals surface area (Å²) in [6.45, 7) is 4.32. The van der Waals surface area contributed by atoms with E-state index in [1.165, 1.54) is 25.0 Å². The topological polar surface area (TPSA) is 63.7 Å². The molecule has 4 aromatic rings. The average molecular weight is 417 g/mol. The van der Waals surface area contributed by atoms with Crippen molar-refractivity contribution in [2.75, 3.05) is 0 Å². The number of hydrogen-bond donors (Lipinski definition) is 1. The van der Waals surface area contributed by atoms with Gasteiger partial charge in [-0.3, -0.25) is 4.98 Å². The molecule has 5 rings (SSSR count). The molecule has 0 bridgehead atoms. The van der Waals surface area contributed by atoms with Crippen molar-refractivity contribution in [3.05, 3.63) is 60.2 Å². The Bertz CT molecular complexity index is 1210. The fourth-order valence-corrected chi connectivity index (χ4v) is 4.19. The van der Waals surface area contributed by atoms with Crippen molar-refractivity contribution >= 4 is 11.0 Å². The van der Waals surface area contributed by atoms with E-state index in [0.29, 0.717) is 17.2 Å². The third kappa shape index (κ3) is 4.15. The zero-order chi connectivity index (χ0) is 21.4. The van der Waals surface area contributed by atoms with Crippen molar-refractivity contribution in [2.45, 2.75) is 45.6 Å². The van der Waals surface area contributed by atoms with Crippen LogP contribution in [0.5, 0.6) is 5.88 Å². The summed E-state index contributed by atoms with van der Waals surface area (Å²) in [6, 6.07) is 10.5. The predicted octanol–water partition coefficient (Wildman–Crippen LogP) is 6.09. The molecule has 1 saturated carbocycles. The molecule has 1 aliphatic rings. The predicted molar refractivity (Wildman–Crippen MR) is 119 cm³/mol. The van der Waals surface area contributed by atoms with Gasteiger partial charge < -0.3 is 9.72 Å². The summed E-state index contributed by atoms with van der Waals surface area (Å²) < 4.78 is 19.5. The molecule has 1 aliphatic carbocycles. The molecule has 0 atom stereocenters. The van der Waals surface area contributed by atoms with Crippen LogP contribution in [0.15, 0.2) is 48.8 Å². The molecule has 0 aliphatic heterocycles. The van der Waals surface area contributed by atoms with E-state index >= 15 is 0 Å². The highest BCUT2D eigenvalue weighted by atomic mass is 19.1. The molecule has 0 spiro atoms. The van der Waals surface area contributed by atoms with Crippen LogP contribution >= 0.6 is 0 Å². The number of aromatic amines is 1. The van der Waals surface area contributed by atoms with Gasteiger partial charge in [0.1, 0.15) is 17.7 Å². The Balaban J connectivity index is 1.34. The average Bonchev–Trinajstić information content (AvgIpc) is 3.18. The number of rotatable bonds is 4. The van der Waals surface area contributed by atoms with E-state index < -0.39 is 0 Å². The zero-order valence-corrected chi connectivity index (χ0v) is 17.7. The summed E-state index contributed by atoms with van der Waals surface area (Å²) in [5, 5.41) is 0. The molecule has 158 valence electrons. The van der Waals surface area contributed by atoms with Gasteiger partial charge in [0, 0.05) is 29.6 Å². The quantitative estimate of drug-likeness (QED) is 0.437. The highest BCUT2D eigenvalue weighted by Crippen LogP contribution is 2.29. The van der Waals surface area contributed by atoms with Gasteiger partial charge >= 0.3 is 0 Å². The first-order valence-corrected chi connectivity index (χ1v) is 10.8. The Morgan fingerprint density at radius 3 is 2.58 bits per heavy atom. The van der Waals surface area contributed by atoms with Crippen LogP contribution in [-0.4, -0.2) is 26.0 Å². The molecular formula is C25H25FN4O. The van der Waals surface area contributed by atoms with Gasteiger partial charge in [-0.15, -0.1) is 0 Å². The molecule has 1 N–H and O–H groups in total. The summed E-state index contributed by atoms with van der Waals surface area (Å²) in [7, 11) is 0. The van der Waals surface area contributed by atoms with Gasteiger partial charge in [-0.2, -0.15) is 0 Å². The number of aromatic nitrogens is 4. The second-order valence-corrected chi connectivity index (χ2v) is 8.52. The number of ether oxygens (including phenoxy) is 1. The molecule has 0 unspecified atom stereocenters. The number of imidazole rings is 1. The van der Waals surface area contributed by atoms with E-state index in [1.54, 1.807) is 12.3 Å². The molecule has 6 heteroatoms. The lowest BCUT2D eigenvalue weighted by Gasteiger charge is -2.26. The number of nitrogens with zero attached hydrogens (tertiary/aromatic N) is 3. The summed E-state index contributed by atoms with van der Waals surface area (Å²) >= 11 is 0. The van der Waals surface area contributed by atoms with Crippen LogP contribution < -0.4 is 4.74 Å². The molecular weight excluding hydrogens is 391 g/mol. The Hall–Kier alpha value is -3.28. The molecule has 1 aromatic carbocycles. The van der Waals surface area contributed by atoms with Crippen LogP contribution in [0, 0.1) is 18.7 Å². The second-order valence-electron chi connectivity index (χ2n) is 8.52. The maximum absolute atomic E-state index is 13.5. The Morgan fingerprint density at radius 2 is 1.84 bits per heavy atom. The van der Waals surface area contributed by atoms with E-state index in [0.717, 1.165) is 46.7 Å². The fourth-order valence-electron chi connectivity index (χ4n) is 4.19. The van der Waals surface area contributed by atoms with Gasteiger partial charge in [-0.05, 0) is 74.4 Å². The molecule has 1 fully saturated rings. The SMILES string of the molecule is Cc1cc(-c2ccc(OC3CCC(C)CC3)nc2)ncc1-c1nc2ccc(F)cc2[nH]1. The lowest BCUT2D eigenvalue weighted by molar-refractivity contribution is 0.130.